The number of nitrogen functional groups attached to an aromatic ring is 1. The summed E-state index contributed by atoms with van der Waals surface area (Å²) in [5, 5.41) is 22.6. The monoisotopic (exact) mass is 572 g/mol. The van der Waals surface area contributed by atoms with Crippen molar-refractivity contribution in [2.24, 2.45) is 0 Å². The molecule has 0 aliphatic rings. The van der Waals surface area contributed by atoms with Crippen molar-refractivity contribution in [1.29, 1.82) is 0 Å². The number of phenolic OH excluding ortho intramolecular Hbond substituents is 2. The number of nitrogens with two attached hydrogens (primary N) is 1. The molecule has 37 heavy (non-hydrogen) atoms. The summed E-state index contributed by atoms with van der Waals surface area (Å²) in [6.45, 7) is 0. The van der Waals surface area contributed by atoms with Gasteiger partial charge in [0.2, 0.25) is 0 Å². The Morgan fingerprint density at radius 3 is 1.68 bits per heavy atom. The van der Waals surface area contributed by atoms with Gasteiger partial charge < -0.3 is 21.3 Å². The van der Waals surface area contributed by atoms with Gasteiger partial charge in [0.15, 0.2) is 0 Å². The van der Waals surface area contributed by atoms with E-state index in [4.69, 9.17) is 14.8 Å². The number of aromatic hydroxyl groups is 2. The molecule has 0 bridgehead atoms. The molecule has 0 aliphatic heterocycles. The van der Waals surface area contributed by atoms with Crippen LogP contribution in [0.3, 0.4) is 0 Å². The Kier molecular flexibility index (Phi) is 7.28. The van der Waals surface area contributed by atoms with Crippen LogP contribution in [0.1, 0.15) is 0 Å². The Morgan fingerprint density at radius 1 is 0.649 bits per heavy atom. The van der Waals surface area contributed by atoms with Crippen molar-refractivity contribution in [3.63, 3.8) is 0 Å². The molecule has 0 amide bonds. The minimum absolute atomic E-state index is 0.00836. The standard InChI is InChI=1S/C11H11NO7S2.C10H9NO4S/c1-12-9-3-2-7-8(11(9)21(17,18)19)4-6(5-10(7)13)20(14,15)16;11-7-1-2-9-6(3-7)4-8(5-10(9)12)16(13,14)15/h2-5,12-13H,1H3,(H,14,15,16)(H,17,18,19);1-5,12H,11H2,(H,13,14,15). The largest absolute Gasteiger partial charge is 0.507 e. The summed E-state index contributed by atoms with van der Waals surface area (Å²) >= 11 is 0. The SMILES string of the molecule is CNc1ccc2c(O)cc(S(=O)(=O)O)cc2c1S(=O)(=O)O.Nc1ccc2c(O)cc(S(=O)(=O)O)cc2c1. The lowest BCUT2D eigenvalue weighted by atomic mass is 10.1. The van der Waals surface area contributed by atoms with E-state index in [2.05, 4.69) is 5.32 Å². The van der Waals surface area contributed by atoms with Crippen LogP contribution in [-0.2, 0) is 30.4 Å². The molecule has 16 heteroatoms. The molecule has 0 aliphatic carbocycles. The molecule has 0 fully saturated rings. The van der Waals surface area contributed by atoms with Crippen LogP contribution in [0.15, 0.2) is 69.3 Å². The first kappa shape index (κ1) is 27.9. The van der Waals surface area contributed by atoms with Crippen LogP contribution in [0.5, 0.6) is 11.5 Å². The second-order valence-electron chi connectivity index (χ2n) is 7.58. The number of nitrogens with one attached hydrogen (secondary N) is 1. The van der Waals surface area contributed by atoms with Crippen LogP contribution < -0.4 is 11.1 Å². The van der Waals surface area contributed by atoms with E-state index in [1.165, 1.54) is 31.3 Å². The van der Waals surface area contributed by atoms with Gasteiger partial charge in [0, 0.05) is 41.0 Å². The van der Waals surface area contributed by atoms with E-state index < -0.39 is 45.9 Å². The maximum absolute atomic E-state index is 11.5. The molecule has 4 aromatic carbocycles. The summed E-state index contributed by atoms with van der Waals surface area (Å²) in [6, 6.07) is 11.2. The zero-order chi connectivity index (χ0) is 27.9. The van der Waals surface area contributed by atoms with Gasteiger partial charge in [-0.2, -0.15) is 25.3 Å². The third-order valence-electron chi connectivity index (χ3n) is 5.09. The predicted molar refractivity (Wildman–Crippen MR) is 135 cm³/mol. The van der Waals surface area contributed by atoms with Gasteiger partial charge in [0.05, 0.1) is 15.5 Å². The van der Waals surface area contributed by atoms with Crippen LogP contribution >= 0.6 is 0 Å². The highest BCUT2D eigenvalue weighted by Crippen LogP contribution is 2.36. The molecule has 0 saturated heterocycles. The average Bonchev–Trinajstić information content (AvgIpc) is 2.76. The summed E-state index contributed by atoms with van der Waals surface area (Å²) in [4.78, 5) is -1.64. The summed E-state index contributed by atoms with van der Waals surface area (Å²) in [7, 11) is -12.3. The van der Waals surface area contributed by atoms with Crippen molar-refractivity contribution in [1.82, 2.24) is 0 Å². The molecule has 0 spiro atoms. The van der Waals surface area contributed by atoms with Crippen molar-refractivity contribution >= 4 is 63.3 Å². The Labute approximate surface area is 211 Å². The van der Waals surface area contributed by atoms with Crippen LogP contribution in [0.4, 0.5) is 11.4 Å². The molecule has 0 saturated carbocycles. The molecule has 8 N–H and O–H groups in total. The number of benzene rings is 4. The van der Waals surface area contributed by atoms with E-state index in [0.29, 0.717) is 16.5 Å². The maximum atomic E-state index is 11.5. The molecule has 0 atom stereocenters. The Hall–Kier alpha value is -3.67. The summed E-state index contributed by atoms with van der Waals surface area (Å²) in [6.07, 6.45) is 0. The fourth-order valence-electron chi connectivity index (χ4n) is 3.48. The fraction of sp³-hybridized carbons (Fsp3) is 0.0476. The number of anilines is 2. The number of fused-ring (bicyclic) bond motifs is 2. The fourth-order valence-corrected chi connectivity index (χ4v) is 5.44. The van der Waals surface area contributed by atoms with Crippen LogP contribution in [0, 0.1) is 0 Å². The maximum Gasteiger partial charge on any atom is 0.297 e. The first-order valence-electron chi connectivity index (χ1n) is 9.85. The molecule has 0 unspecified atom stereocenters. The van der Waals surface area contributed by atoms with E-state index in [9.17, 15) is 40.0 Å². The third kappa shape index (κ3) is 6.01. The smallest absolute Gasteiger partial charge is 0.297 e. The Balaban J connectivity index is 0.000000213. The highest BCUT2D eigenvalue weighted by molar-refractivity contribution is 7.86. The van der Waals surface area contributed by atoms with Crippen molar-refractivity contribution in [3.05, 3.63) is 54.6 Å². The highest BCUT2D eigenvalue weighted by atomic mass is 32.2. The zero-order valence-electron chi connectivity index (χ0n) is 18.7. The van der Waals surface area contributed by atoms with E-state index >= 15 is 0 Å². The molecule has 0 radical (unpaired) electrons. The van der Waals surface area contributed by atoms with Crippen molar-refractivity contribution in [2.45, 2.75) is 14.7 Å². The van der Waals surface area contributed by atoms with Gasteiger partial charge in [0.1, 0.15) is 16.4 Å². The number of hydrogen-bond acceptors (Lipinski definition) is 10. The van der Waals surface area contributed by atoms with Gasteiger partial charge in [-0.1, -0.05) is 0 Å². The lowest BCUT2D eigenvalue weighted by Gasteiger charge is -2.12. The molecule has 4 rings (SSSR count). The Morgan fingerprint density at radius 2 is 1.16 bits per heavy atom. The number of rotatable bonds is 4. The minimum Gasteiger partial charge on any atom is -0.507 e. The predicted octanol–water partition coefficient (Wildman–Crippen LogP) is 2.45. The van der Waals surface area contributed by atoms with E-state index in [0.717, 1.165) is 18.2 Å². The quantitative estimate of drug-likeness (QED) is 0.137. The first-order chi connectivity index (χ1) is 16.9. The van der Waals surface area contributed by atoms with Crippen molar-refractivity contribution in [2.75, 3.05) is 18.1 Å². The first-order valence-corrected chi connectivity index (χ1v) is 14.2. The number of hydrogen-bond donors (Lipinski definition) is 7. The van der Waals surface area contributed by atoms with Crippen molar-refractivity contribution < 1.29 is 49.1 Å². The number of phenols is 2. The van der Waals surface area contributed by atoms with Gasteiger partial charge in [-0.3, -0.25) is 13.7 Å². The van der Waals surface area contributed by atoms with Gasteiger partial charge in [-0.25, -0.2) is 0 Å². The summed E-state index contributed by atoms with van der Waals surface area (Å²) in [5.74, 6) is -0.766. The molecule has 0 heterocycles. The van der Waals surface area contributed by atoms with E-state index in [1.807, 2.05) is 0 Å². The summed E-state index contributed by atoms with van der Waals surface area (Å²) < 4.78 is 94.4. The molecule has 198 valence electrons. The van der Waals surface area contributed by atoms with Gasteiger partial charge in [-0.15, -0.1) is 0 Å². The van der Waals surface area contributed by atoms with Crippen LogP contribution in [0.2, 0.25) is 0 Å². The molecular weight excluding hydrogens is 552 g/mol. The molecule has 0 aromatic heterocycles. The van der Waals surface area contributed by atoms with E-state index in [-0.39, 0.29) is 27.1 Å². The van der Waals surface area contributed by atoms with E-state index in [1.54, 1.807) is 12.1 Å². The van der Waals surface area contributed by atoms with Gasteiger partial charge in [0.25, 0.3) is 30.4 Å². The summed E-state index contributed by atoms with van der Waals surface area (Å²) in [5.41, 5.74) is 5.99. The molecule has 4 aromatic rings. The van der Waals surface area contributed by atoms with Gasteiger partial charge in [-0.05, 0) is 47.9 Å². The third-order valence-corrected chi connectivity index (χ3v) is 7.71. The van der Waals surface area contributed by atoms with Gasteiger partial charge >= 0.3 is 0 Å². The second kappa shape index (κ2) is 9.66. The lowest BCUT2D eigenvalue weighted by molar-refractivity contribution is 0.470. The highest BCUT2D eigenvalue weighted by Gasteiger charge is 2.23. The zero-order valence-corrected chi connectivity index (χ0v) is 21.1. The second-order valence-corrected chi connectivity index (χ2v) is 11.8. The van der Waals surface area contributed by atoms with Crippen LogP contribution in [-0.4, -0.2) is 56.2 Å². The van der Waals surface area contributed by atoms with Crippen molar-refractivity contribution in [3.8, 4) is 11.5 Å². The molecule has 13 nitrogen and oxygen atoms in total. The normalized spacial score (nSPS) is 12.2. The lowest BCUT2D eigenvalue weighted by Crippen LogP contribution is -2.05. The minimum atomic E-state index is -4.70. The van der Waals surface area contributed by atoms with Crippen LogP contribution in [0.25, 0.3) is 21.5 Å². The average molecular weight is 573 g/mol. The Bertz CT molecular complexity index is 1870. The topological polar surface area (TPSA) is 242 Å². The molecular formula is C21H20N2O11S3.